The Morgan fingerprint density at radius 2 is 2.10 bits per heavy atom. The molecule has 7 heteroatoms. The minimum atomic E-state index is -0.686. The van der Waals surface area contributed by atoms with Crippen LogP contribution in [0.4, 0.5) is 5.69 Å². The molecule has 0 spiro atoms. The molecule has 0 aromatic carbocycles. The number of hydrogen-bond acceptors (Lipinski definition) is 6. The largest absolute Gasteiger partial charge is 0.396 e. The molecule has 0 aliphatic rings. The average molecular weight is 280 g/mol. The normalized spacial score (nSPS) is 10.7. The fourth-order valence-corrected chi connectivity index (χ4v) is 2.20. The van der Waals surface area contributed by atoms with E-state index in [1.165, 1.54) is 6.33 Å². The summed E-state index contributed by atoms with van der Waals surface area (Å²) < 4.78 is 0. The Morgan fingerprint density at radius 3 is 2.81 bits per heavy atom. The third-order valence-electron chi connectivity index (χ3n) is 3.19. The fourth-order valence-electron chi connectivity index (χ4n) is 2.20. The number of carbonyl (C=O) groups is 1. The van der Waals surface area contributed by atoms with Crippen molar-refractivity contribution in [1.29, 1.82) is 0 Å². The number of primary amides is 1. The van der Waals surface area contributed by atoms with Crippen LogP contribution in [0.15, 0.2) is 30.9 Å². The number of carbonyl (C=O) groups excluding carboxylic acids is 1. The number of nitrogen functional groups attached to an aromatic ring is 1. The summed E-state index contributed by atoms with van der Waals surface area (Å²) in [5, 5.41) is 0. The number of pyridine rings is 2. The van der Waals surface area contributed by atoms with Crippen LogP contribution >= 0.6 is 0 Å². The molecule has 7 nitrogen and oxygen atoms in total. The Labute approximate surface area is 120 Å². The molecule has 21 heavy (non-hydrogen) atoms. The lowest BCUT2D eigenvalue weighted by molar-refractivity contribution is 0.0997. The summed E-state index contributed by atoms with van der Waals surface area (Å²) in [6.07, 6.45) is 4.71. The van der Waals surface area contributed by atoms with Gasteiger partial charge in [0.2, 0.25) is 0 Å². The van der Waals surface area contributed by atoms with Gasteiger partial charge in [0.15, 0.2) is 5.69 Å². The zero-order valence-electron chi connectivity index (χ0n) is 11.2. The molecule has 3 rings (SSSR count). The standard InChI is InChI=1S/C14H12N6O/c1-7-8(5-17-6-19-7)10-11(15)13(14(16)21)20-9-3-2-4-18-12(9)10/h2-6H,15H2,1H3,(H2,16,21). The molecule has 0 aliphatic carbocycles. The molecule has 4 N–H and O–H groups in total. The summed E-state index contributed by atoms with van der Waals surface area (Å²) in [4.78, 5) is 28.2. The second-order valence-electron chi connectivity index (χ2n) is 4.51. The van der Waals surface area contributed by atoms with Gasteiger partial charge in [0, 0.05) is 29.2 Å². The second kappa shape index (κ2) is 4.78. The molecule has 0 saturated heterocycles. The van der Waals surface area contributed by atoms with E-state index in [2.05, 4.69) is 19.9 Å². The fraction of sp³-hybridized carbons (Fsp3) is 0.0714. The summed E-state index contributed by atoms with van der Waals surface area (Å²) in [5.41, 5.74) is 14.8. The predicted octanol–water partition coefficient (Wildman–Crippen LogP) is 1.08. The highest BCUT2D eigenvalue weighted by molar-refractivity contribution is 6.07. The van der Waals surface area contributed by atoms with Crippen LogP contribution < -0.4 is 11.5 Å². The highest BCUT2D eigenvalue weighted by atomic mass is 16.1. The van der Waals surface area contributed by atoms with Crippen molar-refractivity contribution in [3.63, 3.8) is 0 Å². The van der Waals surface area contributed by atoms with Crippen molar-refractivity contribution in [3.05, 3.63) is 42.2 Å². The first-order chi connectivity index (χ1) is 10.1. The van der Waals surface area contributed by atoms with E-state index in [0.717, 1.165) is 5.69 Å². The van der Waals surface area contributed by atoms with Gasteiger partial charge in [-0.1, -0.05) is 0 Å². The third kappa shape index (κ3) is 2.04. The Balaban J connectivity index is 2.48. The Morgan fingerprint density at radius 1 is 1.29 bits per heavy atom. The monoisotopic (exact) mass is 280 g/mol. The number of rotatable bonds is 2. The zero-order chi connectivity index (χ0) is 15.0. The molecule has 0 saturated carbocycles. The number of amides is 1. The molecule has 3 aromatic heterocycles. The number of fused-ring (bicyclic) bond motifs is 1. The van der Waals surface area contributed by atoms with Crippen molar-refractivity contribution in [2.45, 2.75) is 6.92 Å². The molecular formula is C14H12N6O. The summed E-state index contributed by atoms with van der Waals surface area (Å²) >= 11 is 0. The van der Waals surface area contributed by atoms with E-state index in [1.54, 1.807) is 24.5 Å². The van der Waals surface area contributed by atoms with Crippen LogP contribution in [0, 0.1) is 6.92 Å². The van der Waals surface area contributed by atoms with Crippen LogP contribution in [-0.4, -0.2) is 25.8 Å². The van der Waals surface area contributed by atoms with Crippen LogP contribution in [0.5, 0.6) is 0 Å². The van der Waals surface area contributed by atoms with Crippen molar-refractivity contribution in [3.8, 4) is 11.1 Å². The molecule has 0 atom stereocenters. The first-order valence-corrected chi connectivity index (χ1v) is 6.20. The summed E-state index contributed by atoms with van der Waals surface area (Å²) in [6.45, 7) is 1.83. The van der Waals surface area contributed by atoms with E-state index < -0.39 is 5.91 Å². The quantitative estimate of drug-likeness (QED) is 0.724. The first-order valence-electron chi connectivity index (χ1n) is 6.20. The van der Waals surface area contributed by atoms with Gasteiger partial charge in [0.05, 0.1) is 16.7 Å². The minimum Gasteiger partial charge on any atom is -0.396 e. The maximum absolute atomic E-state index is 11.6. The molecule has 0 radical (unpaired) electrons. The number of aryl methyl sites for hydroxylation is 1. The number of nitrogens with zero attached hydrogens (tertiary/aromatic N) is 4. The molecule has 0 bridgehead atoms. The van der Waals surface area contributed by atoms with Crippen LogP contribution in [0.25, 0.3) is 22.2 Å². The van der Waals surface area contributed by atoms with Gasteiger partial charge in [0.1, 0.15) is 6.33 Å². The summed E-state index contributed by atoms with van der Waals surface area (Å²) in [6, 6.07) is 3.48. The molecule has 1 amide bonds. The topological polar surface area (TPSA) is 121 Å². The van der Waals surface area contributed by atoms with E-state index in [9.17, 15) is 4.79 Å². The van der Waals surface area contributed by atoms with Crippen LogP contribution in [-0.2, 0) is 0 Å². The van der Waals surface area contributed by atoms with Crippen molar-refractivity contribution in [2.75, 3.05) is 5.73 Å². The molecule has 3 aromatic rings. The Kier molecular flexibility index (Phi) is 2.94. The van der Waals surface area contributed by atoms with Crippen molar-refractivity contribution in [1.82, 2.24) is 19.9 Å². The lowest BCUT2D eigenvalue weighted by atomic mass is 10.0. The maximum Gasteiger partial charge on any atom is 0.269 e. The Hall–Kier alpha value is -3.09. The SMILES string of the molecule is Cc1ncncc1-c1c(N)c(C(N)=O)nc2cccnc12. The molecule has 0 unspecified atom stereocenters. The predicted molar refractivity (Wildman–Crippen MR) is 78.2 cm³/mol. The highest BCUT2D eigenvalue weighted by Crippen LogP contribution is 2.34. The molecule has 0 fully saturated rings. The molecule has 0 aliphatic heterocycles. The molecule has 3 heterocycles. The van der Waals surface area contributed by atoms with E-state index in [4.69, 9.17) is 11.5 Å². The minimum absolute atomic E-state index is 0.0220. The van der Waals surface area contributed by atoms with E-state index in [-0.39, 0.29) is 11.4 Å². The van der Waals surface area contributed by atoms with E-state index in [1.807, 2.05) is 6.92 Å². The second-order valence-corrected chi connectivity index (χ2v) is 4.51. The summed E-state index contributed by atoms with van der Waals surface area (Å²) in [7, 11) is 0. The number of hydrogen-bond donors (Lipinski definition) is 2. The van der Waals surface area contributed by atoms with E-state index >= 15 is 0 Å². The third-order valence-corrected chi connectivity index (χ3v) is 3.19. The van der Waals surface area contributed by atoms with Gasteiger partial charge >= 0.3 is 0 Å². The van der Waals surface area contributed by atoms with Gasteiger partial charge in [0.25, 0.3) is 5.91 Å². The Bertz CT molecular complexity index is 861. The van der Waals surface area contributed by atoms with Gasteiger partial charge in [-0.05, 0) is 19.1 Å². The number of nitrogens with two attached hydrogens (primary N) is 2. The van der Waals surface area contributed by atoms with Crippen molar-refractivity contribution < 1.29 is 4.79 Å². The van der Waals surface area contributed by atoms with Crippen molar-refractivity contribution >= 4 is 22.6 Å². The van der Waals surface area contributed by atoms with Gasteiger partial charge in [-0.2, -0.15) is 0 Å². The highest BCUT2D eigenvalue weighted by Gasteiger charge is 2.19. The van der Waals surface area contributed by atoms with E-state index in [0.29, 0.717) is 22.2 Å². The average Bonchev–Trinajstić information content (AvgIpc) is 2.47. The molecular weight excluding hydrogens is 268 g/mol. The zero-order valence-corrected chi connectivity index (χ0v) is 11.2. The van der Waals surface area contributed by atoms with Crippen LogP contribution in [0.2, 0.25) is 0 Å². The van der Waals surface area contributed by atoms with Crippen LogP contribution in [0.1, 0.15) is 16.2 Å². The van der Waals surface area contributed by atoms with Crippen molar-refractivity contribution in [2.24, 2.45) is 5.73 Å². The lowest BCUT2D eigenvalue weighted by Gasteiger charge is -2.12. The lowest BCUT2D eigenvalue weighted by Crippen LogP contribution is -2.17. The maximum atomic E-state index is 11.6. The van der Waals surface area contributed by atoms with Gasteiger partial charge in [-0.15, -0.1) is 0 Å². The molecule has 104 valence electrons. The number of anilines is 1. The smallest absolute Gasteiger partial charge is 0.269 e. The van der Waals surface area contributed by atoms with Crippen LogP contribution in [0.3, 0.4) is 0 Å². The number of aromatic nitrogens is 4. The van der Waals surface area contributed by atoms with Gasteiger partial charge in [-0.3, -0.25) is 9.78 Å². The summed E-state index contributed by atoms with van der Waals surface area (Å²) in [5.74, 6) is -0.686. The first kappa shape index (κ1) is 12.9. The van der Waals surface area contributed by atoms with Gasteiger partial charge < -0.3 is 11.5 Å². The van der Waals surface area contributed by atoms with Gasteiger partial charge in [-0.25, -0.2) is 15.0 Å².